The second-order valence-electron chi connectivity index (χ2n) is 5.53. The molecule has 0 spiro atoms. The van der Waals surface area contributed by atoms with Crippen molar-refractivity contribution in [3.63, 3.8) is 0 Å². The van der Waals surface area contributed by atoms with Gasteiger partial charge in [0.1, 0.15) is 0 Å². The largest absolute Gasteiger partial charge is 0.511 e. The zero-order chi connectivity index (χ0) is 17.2. The van der Waals surface area contributed by atoms with Crippen molar-refractivity contribution in [2.45, 2.75) is 65.7 Å². The summed E-state index contributed by atoms with van der Waals surface area (Å²) in [5.74, 6) is 0.0705. The minimum absolute atomic E-state index is 0.0625. The summed E-state index contributed by atoms with van der Waals surface area (Å²) in [6.07, 6.45) is 5.55. The maximum Gasteiger partial charge on any atom is 0.511 e. The van der Waals surface area contributed by atoms with Gasteiger partial charge in [0.05, 0.1) is 6.61 Å². The summed E-state index contributed by atoms with van der Waals surface area (Å²) >= 11 is 0. The summed E-state index contributed by atoms with van der Waals surface area (Å²) in [5, 5.41) is 19.1. The first-order valence-electron chi connectivity index (χ1n) is 8.46. The summed E-state index contributed by atoms with van der Waals surface area (Å²) < 4.78 is 10.5. The van der Waals surface area contributed by atoms with E-state index in [4.69, 9.17) is 9.84 Å². The zero-order valence-electron chi connectivity index (χ0n) is 14.4. The fourth-order valence-electron chi connectivity index (χ4n) is 2.62. The summed E-state index contributed by atoms with van der Waals surface area (Å²) in [5.41, 5.74) is 1.85. The molecule has 130 valence electrons. The molecular weight excluding hydrogens is 296 g/mol. The molecule has 0 aliphatic carbocycles. The van der Waals surface area contributed by atoms with E-state index in [1.54, 1.807) is 6.07 Å². The number of rotatable bonds is 10. The molecule has 0 heterocycles. The van der Waals surface area contributed by atoms with Crippen molar-refractivity contribution in [1.82, 2.24) is 0 Å². The van der Waals surface area contributed by atoms with Crippen molar-refractivity contribution in [3.8, 4) is 17.2 Å². The lowest BCUT2D eigenvalue weighted by atomic mass is 10.0. The molecule has 1 aromatic rings. The van der Waals surface area contributed by atoms with Gasteiger partial charge in [-0.3, -0.25) is 0 Å². The average molecular weight is 324 g/mol. The lowest BCUT2D eigenvalue weighted by Gasteiger charge is -2.17. The van der Waals surface area contributed by atoms with Crippen LogP contribution >= 0.6 is 0 Å². The van der Waals surface area contributed by atoms with Crippen LogP contribution in [0, 0.1) is 0 Å². The predicted molar refractivity (Wildman–Crippen MR) is 89.8 cm³/mol. The molecule has 0 atom stereocenters. The van der Waals surface area contributed by atoms with Gasteiger partial charge in [0.2, 0.25) is 5.75 Å². The Balaban J connectivity index is 2.90. The van der Waals surface area contributed by atoms with Gasteiger partial charge >= 0.3 is 6.16 Å². The Morgan fingerprint density at radius 1 is 1.09 bits per heavy atom. The van der Waals surface area contributed by atoms with Crippen LogP contribution < -0.4 is 9.47 Å². The van der Waals surface area contributed by atoms with E-state index in [1.165, 1.54) is 19.3 Å². The van der Waals surface area contributed by atoms with Crippen LogP contribution in [-0.2, 0) is 12.8 Å². The predicted octanol–water partition coefficient (Wildman–Crippen LogP) is 4.92. The number of carboxylic acid groups (broad SMARTS) is 1. The fourth-order valence-corrected chi connectivity index (χ4v) is 2.62. The minimum atomic E-state index is -1.45. The van der Waals surface area contributed by atoms with Crippen molar-refractivity contribution < 1.29 is 24.5 Å². The van der Waals surface area contributed by atoms with Crippen LogP contribution in [0.5, 0.6) is 17.2 Å². The van der Waals surface area contributed by atoms with Crippen molar-refractivity contribution in [3.05, 3.63) is 17.2 Å². The minimum Gasteiger partial charge on any atom is -0.502 e. The average Bonchev–Trinajstić information content (AvgIpc) is 2.52. The molecule has 2 N–H and O–H groups in total. The molecule has 5 heteroatoms. The molecule has 0 aliphatic heterocycles. The monoisotopic (exact) mass is 324 g/mol. The Hall–Kier alpha value is -1.91. The van der Waals surface area contributed by atoms with Gasteiger partial charge in [-0.25, -0.2) is 4.79 Å². The highest BCUT2D eigenvalue weighted by Crippen LogP contribution is 2.42. The van der Waals surface area contributed by atoms with Crippen LogP contribution in [0.1, 0.15) is 64.0 Å². The van der Waals surface area contributed by atoms with Gasteiger partial charge in [0.25, 0.3) is 0 Å². The number of aromatic hydroxyl groups is 1. The van der Waals surface area contributed by atoms with E-state index in [0.717, 1.165) is 24.0 Å². The van der Waals surface area contributed by atoms with E-state index in [0.29, 0.717) is 25.2 Å². The quantitative estimate of drug-likeness (QED) is 0.363. The van der Waals surface area contributed by atoms with E-state index >= 15 is 0 Å². The number of phenolic OH excluding ortho intramolecular Hbond substituents is 1. The molecule has 0 saturated carbocycles. The van der Waals surface area contributed by atoms with Gasteiger partial charge in [-0.05, 0) is 30.9 Å². The van der Waals surface area contributed by atoms with Crippen molar-refractivity contribution in [2.75, 3.05) is 6.61 Å². The lowest BCUT2D eigenvalue weighted by molar-refractivity contribution is 0.142. The third-order valence-corrected chi connectivity index (χ3v) is 3.84. The van der Waals surface area contributed by atoms with Crippen LogP contribution in [0.15, 0.2) is 6.07 Å². The van der Waals surface area contributed by atoms with Crippen LogP contribution in [0.25, 0.3) is 0 Å². The Morgan fingerprint density at radius 3 is 2.35 bits per heavy atom. The van der Waals surface area contributed by atoms with E-state index < -0.39 is 6.16 Å². The molecule has 0 bridgehead atoms. The van der Waals surface area contributed by atoms with Crippen LogP contribution in [0.3, 0.4) is 0 Å². The molecule has 1 rings (SSSR count). The standard InChI is InChI=1S/C18H28O5/c1-4-7-8-9-10-11-22-17-14(6-3)13(5-2)12-15(16(17)19)23-18(20)21/h12,19H,4-11H2,1-3H3,(H,20,21). The van der Waals surface area contributed by atoms with E-state index in [1.807, 2.05) is 13.8 Å². The second kappa shape index (κ2) is 9.98. The fraction of sp³-hybridized carbons (Fsp3) is 0.611. The number of phenols is 1. The number of benzene rings is 1. The van der Waals surface area contributed by atoms with Gasteiger partial charge in [-0.1, -0.05) is 46.5 Å². The molecular formula is C18H28O5. The first-order valence-corrected chi connectivity index (χ1v) is 8.46. The highest BCUT2D eigenvalue weighted by atomic mass is 16.7. The number of unbranched alkanes of at least 4 members (excludes halogenated alkanes) is 4. The summed E-state index contributed by atoms with van der Waals surface area (Å²) in [7, 11) is 0. The molecule has 0 fully saturated rings. The molecule has 0 unspecified atom stereocenters. The van der Waals surface area contributed by atoms with Crippen molar-refractivity contribution >= 4 is 6.16 Å². The highest BCUT2D eigenvalue weighted by Gasteiger charge is 2.20. The molecule has 5 nitrogen and oxygen atoms in total. The van der Waals surface area contributed by atoms with Gasteiger partial charge in [0, 0.05) is 5.56 Å². The van der Waals surface area contributed by atoms with Crippen molar-refractivity contribution in [2.24, 2.45) is 0 Å². The Kier molecular flexibility index (Phi) is 8.30. The normalized spacial score (nSPS) is 10.6. The Bertz CT molecular complexity index is 511. The van der Waals surface area contributed by atoms with Crippen LogP contribution in [-0.4, -0.2) is 23.0 Å². The maximum atomic E-state index is 10.8. The molecule has 1 aromatic carbocycles. The Labute approximate surface area is 138 Å². The van der Waals surface area contributed by atoms with Crippen LogP contribution in [0.2, 0.25) is 0 Å². The number of carbonyl (C=O) groups is 1. The van der Waals surface area contributed by atoms with Crippen LogP contribution in [0.4, 0.5) is 4.79 Å². The lowest BCUT2D eigenvalue weighted by Crippen LogP contribution is -2.07. The summed E-state index contributed by atoms with van der Waals surface area (Å²) in [6, 6.07) is 1.58. The summed E-state index contributed by atoms with van der Waals surface area (Å²) in [6.45, 7) is 6.64. The first-order chi connectivity index (χ1) is 11.0. The second-order valence-corrected chi connectivity index (χ2v) is 5.53. The SMILES string of the molecule is CCCCCCCOc1c(O)c(OC(=O)O)cc(CC)c1CC. The molecule has 23 heavy (non-hydrogen) atoms. The summed E-state index contributed by atoms with van der Waals surface area (Å²) in [4.78, 5) is 10.8. The van der Waals surface area contributed by atoms with E-state index in [-0.39, 0.29) is 11.5 Å². The molecule has 0 amide bonds. The third-order valence-electron chi connectivity index (χ3n) is 3.84. The van der Waals surface area contributed by atoms with Crippen molar-refractivity contribution in [1.29, 1.82) is 0 Å². The number of ether oxygens (including phenoxy) is 2. The number of aryl methyl sites for hydroxylation is 1. The molecule has 0 aromatic heterocycles. The topological polar surface area (TPSA) is 76.0 Å². The van der Waals surface area contributed by atoms with E-state index in [9.17, 15) is 9.90 Å². The van der Waals surface area contributed by atoms with E-state index in [2.05, 4.69) is 11.7 Å². The zero-order valence-corrected chi connectivity index (χ0v) is 14.4. The third kappa shape index (κ3) is 5.66. The smallest absolute Gasteiger partial charge is 0.502 e. The van der Waals surface area contributed by atoms with Gasteiger partial charge in [0.15, 0.2) is 11.5 Å². The Morgan fingerprint density at radius 2 is 1.78 bits per heavy atom. The van der Waals surface area contributed by atoms with Gasteiger partial charge < -0.3 is 19.7 Å². The number of hydrogen-bond acceptors (Lipinski definition) is 4. The maximum absolute atomic E-state index is 10.8. The molecule has 0 radical (unpaired) electrons. The number of hydrogen-bond donors (Lipinski definition) is 2. The van der Waals surface area contributed by atoms with Gasteiger partial charge in [-0.15, -0.1) is 0 Å². The highest BCUT2D eigenvalue weighted by molar-refractivity contribution is 5.66. The molecule has 0 aliphatic rings. The van der Waals surface area contributed by atoms with Gasteiger partial charge in [-0.2, -0.15) is 0 Å². The first kappa shape index (κ1) is 19.1. The molecule has 0 saturated heterocycles.